The first kappa shape index (κ1) is 30.7. The smallest absolute Gasteiger partial charge is 0.493 e. The van der Waals surface area contributed by atoms with Gasteiger partial charge in [0.2, 0.25) is 0 Å². The zero-order valence-electron chi connectivity index (χ0n) is 23.1. The lowest BCUT2D eigenvalue weighted by Crippen LogP contribution is -2.33. The van der Waals surface area contributed by atoms with Crippen LogP contribution in [0.25, 0.3) is 0 Å². The fraction of sp³-hybridized carbons (Fsp3) is 0.294. The Morgan fingerprint density at radius 2 is 0.974 bits per heavy atom. The van der Waals surface area contributed by atoms with Crippen LogP contribution >= 0.6 is 7.26 Å². The summed E-state index contributed by atoms with van der Waals surface area (Å²) in [5.41, 5.74) is 0. The number of unbranched alkanes of at least 4 members (excludes halogenated alkanes) is 5. The lowest BCUT2D eigenvalue weighted by atomic mass is 10.1. The molecule has 4 rings (SSSR count). The van der Waals surface area contributed by atoms with Gasteiger partial charge in [-0.05, 0) is 67.8 Å². The molecule has 0 fully saturated rings. The molecular weight excluding hydrogens is 567 g/mol. The highest BCUT2D eigenvalue weighted by atomic mass is 79.9. The van der Waals surface area contributed by atoms with Gasteiger partial charge >= 0.3 is 17.0 Å². The minimum Gasteiger partial charge on any atom is -0.493 e. The maximum absolute atomic E-state index is 5.94. The van der Waals surface area contributed by atoms with E-state index in [2.05, 4.69) is 91.0 Å². The Morgan fingerprint density at radius 1 is 0.513 bits per heavy atom. The topological polar surface area (TPSA) is 27.7 Å². The average molecular weight is 608 g/mol. The first-order valence-electron chi connectivity index (χ1n) is 13.7. The molecule has 0 atom stereocenters. The first-order valence-corrected chi connectivity index (χ1v) is 15.6. The Labute approximate surface area is 245 Å². The van der Waals surface area contributed by atoms with Crippen molar-refractivity contribution >= 4 is 23.2 Å². The van der Waals surface area contributed by atoms with Crippen LogP contribution in [0.4, 0.5) is 0 Å². The third kappa shape index (κ3) is 8.10. The van der Waals surface area contributed by atoms with Crippen LogP contribution in [0.3, 0.4) is 0 Å². The van der Waals surface area contributed by atoms with Crippen LogP contribution in [0, 0.1) is 17.0 Å². The summed E-state index contributed by atoms with van der Waals surface area (Å²) in [4.78, 5) is 0. The van der Waals surface area contributed by atoms with E-state index < -0.39 is 7.26 Å². The fourth-order valence-electron chi connectivity index (χ4n) is 5.14. The third-order valence-corrected chi connectivity index (χ3v) is 11.6. The van der Waals surface area contributed by atoms with Gasteiger partial charge < -0.3 is 14.2 Å². The van der Waals surface area contributed by atoms with Crippen molar-refractivity contribution in [1.29, 1.82) is 0 Å². The molecule has 39 heavy (non-hydrogen) atoms. The highest BCUT2D eigenvalue weighted by Crippen LogP contribution is 2.56. The highest BCUT2D eigenvalue weighted by molar-refractivity contribution is 7.95. The Hall–Kier alpha value is -2.81. The van der Waals surface area contributed by atoms with Crippen LogP contribution in [0.2, 0.25) is 0 Å². The van der Waals surface area contributed by atoms with Crippen LogP contribution < -0.4 is 30.1 Å². The maximum atomic E-state index is 5.94. The van der Waals surface area contributed by atoms with E-state index in [1.165, 1.54) is 54.2 Å². The summed E-state index contributed by atoms with van der Waals surface area (Å²) in [5, 5.41) is 4.43. The molecule has 0 N–H and O–H groups in total. The summed E-state index contributed by atoms with van der Waals surface area (Å²) in [7, 11) is 1.58. The Kier molecular flexibility index (Phi) is 12.9. The van der Waals surface area contributed by atoms with Gasteiger partial charge in [0.25, 0.3) is 0 Å². The monoisotopic (exact) mass is 606 g/mol. The standard InChI is InChI=1S/C34H40O3P.Br/c1-35-33-25-24-29(28-34(33)36-2)37-26-16-5-3-4-6-17-27-38(30-18-10-7-11-19-30,31-20-12-8-13-21-31)32-22-14-9-15-23-32;/h7-15,18-25,28H,3-6,16-17,26-27H2,1-2H3;/q2*+1. The molecule has 0 aliphatic rings. The molecule has 4 aromatic rings. The second-order valence-corrected chi connectivity index (χ2v) is 13.1. The number of hydrogen-bond acceptors (Lipinski definition) is 3. The van der Waals surface area contributed by atoms with Gasteiger partial charge in [0.15, 0.2) is 11.5 Å². The van der Waals surface area contributed by atoms with E-state index in [1.54, 1.807) is 14.2 Å². The van der Waals surface area contributed by atoms with Crippen LogP contribution in [0.15, 0.2) is 109 Å². The quantitative estimate of drug-likeness (QED) is 0.104. The molecule has 0 unspecified atom stereocenters. The van der Waals surface area contributed by atoms with Crippen molar-refractivity contribution in [3.8, 4) is 17.2 Å². The Balaban J connectivity index is 0.00000420. The van der Waals surface area contributed by atoms with Gasteiger partial charge in [0.05, 0.1) is 27.0 Å². The fourth-order valence-corrected chi connectivity index (χ4v) is 9.55. The molecule has 0 saturated heterocycles. The zero-order valence-corrected chi connectivity index (χ0v) is 25.6. The first-order chi connectivity index (χ1) is 18.8. The largest absolute Gasteiger partial charge is 1.00 e. The van der Waals surface area contributed by atoms with Crippen molar-refractivity contribution in [2.45, 2.75) is 38.5 Å². The van der Waals surface area contributed by atoms with E-state index >= 15 is 0 Å². The van der Waals surface area contributed by atoms with E-state index in [1.807, 2.05) is 18.2 Å². The minimum atomic E-state index is -1.71. The lowest BCUT2D eigenvalue weighted by Gasteiger charge is -2.27. The van der Waals surface area contributed by atoms with Gasteiger partial charge in [0, 0.05) is 6.07 Å². The van der Waals surface area contributed by atoms with Crippen LogP contribution in [-0.4, -0.2) is 27.0 Å². The second kappa shape index (κ2) is 16.3. The summed E-state index contributed by atoms with van der Waals surface area (Å²) >= 11 is 0. The molecule has 3 nitrogen and oxygen atoms in total. The van der Waals surface area contributed by atoms with E-state index in [0.29, 0.717) is 5.75 Å². The van der Waals surface area contributed by atoms with Gasteiger partial charge in [-0.2, -0.15) is 0 Å². The number of benzene rings is 4. The third-order valence-electron chi connectivity index (χ3n) is 7.10. The minimum absolute atomic E-state index is 0. The lowest BCUT2D eigenvalue weighted by molar-refractivity contribution is -0.00000860. The molecule has 0 aliphatic carbocycles. The maximum Gasteiger partial charge on any atom is 1.00 e. The summed E-state index contributed by atoms with van der Waals surface area (Å²) in [5.74, 6) is 2.24. The predicted molar refractivity (Wildman–Crippen MR) is 163 cm³/mol. The van der Waals surface area contributed by atoms with Gasteiger partial charge in [-0.3, -0.25) is 0 Å². The molecule has 0 heterocycles. The predicted octanol–water partition coefficient (Wildman–Crippen LogP) is 7.42. The summed E-state index contributed by atoms with van der Waals surface area (Å²) < 4.78 is 16.6. The summed E-state index contributed by atoms with van der Waals surface area (Å²) in [6.45, 7) is 0.722. The summed E-state index contributed by atoms with van der Waals surface area (Å²) in [6, 6.07) is 39.3. The van der Waals surface area contributed by atoms with Crippen molar-refractivity contribution in [3.63, 3.8) is 0 Å². The molecule has 2 radical (unpaired) electrons. The molecule has 0 spiro atoms. The van der Waals surface area contributed by atoms with Crippen molar-refractivity contribution < 1.29 is 31.2 Å². The molecule has 0 aliphatic heterocycles. The Bertz CT molecular complexity index is 1120. The van der Waals surface area contributed by atoms with Gasteiger partial charge in [-0.15, -0.1) is 0 Å². The van der Waals surface area contributed by atoms with Crippen LogP contribution in [0.5, 0.6) is 17.2 Å². The molecule has 204 valence electrons. The van der Waals surface area contributed by atoms with E-state index in [0.717, 1.165) is 24.5 Å². The van der Waals surface area contributed by atoms with Crippen molar-refractivity contribution in [1.82, 2.24) is 0 Å². The number of hydrogen-bond donors (Lipinski definition) is 0. The Morgan fingerprint density at radius 3 is 1.46 bits per heavy atom. The molecular formula is C34H40BrO3P+2. The molecule has 0 amide bonds. The number of ether oxygens (including phenoxy) is 3. The van der Waals surface area contributed by atoms with Gasteiger partial charge in [-0.25, -0.2) is 0 Å². The number of methoxy groups -OCH3 is 2. The van der Waals surface area contributed by atoms with Crippen molar-refractivity contribution in [2.75, 3.05) is 27.0 Å². The van der Waals surface area contributed by atoms with Gasteiger partial charge in [-0.1, -0.05) is 73.9 Å². The molecule has 4 aromatic carbocycles. The zero-order chi connectivity index (χ0) is 26.5. The number of halogens is 1. The molecule has 0 saturated carbocycles. The van der Waals surface area contributed by atoms with Crippen LogP contribution in [-0.2, 0) is 0 Å². The van der Waals surface area contributed by atoms with Crippen LogP contribution in [0.1, 0.15) is 38.5 Å². The van der Waals surface area contributed by atoms with Gasteiger partial charge in [0.1, 0.15) is 28.9 Å². The molecule has 0 aromatic heterocycles. The second-order valence-electron chi connectivity index (χ2n) is 9.53. The molecule has 0 bridgehead atoms. The molecule has 5 heteroatoms. The van der Waals surface area contributed by atoms with E-state index in [9.17, 15) is 0 Å². The van der Waals surface area contributed by atoms with E-state index in [-0.39, 0.29) is 17.0 Å². The average Bonchev–Trinajstić information content (AvgIpc) is 2.99. The van der Waals surface area contributed by atoms with Crippen molar-refractivity contribution in [3.05, 3.63) is 109 Å². The number of rotatable bonds is 15. The SMILES string of the molecule is COc1ccc(OCCCCCCCC[P+](c2ccccc2)(c2ccccc2)c2ccccc2)cc1OC.[Br+]. The van der Waals surface area contributed by atoms with E-state index in [4.69, 9.17) is 14.2 Å². The normalized spacial score (nSPS) is 10.9. The van der Waals surface area contributed by atoms with Crippen molar-refractivity contribution in [2.24, 2.45) is 0 Å². The summed E-state index contributed by atoms with van der Waals surface area (Å²) in [6.07, 6.45) is 8.43. The highest BCUT2D eigenvalue weighted by Gasteiger charge is 2.44.